The van der Waals surface area contributed by atoms with Gasteiger partial charge in [-0.2, -0.15) is 0 Å². The molecule has 0 aromatic rings. The maximum absolute atomic E-state index is 11.3. The Kier molecular flexibility index (Phi) is 7.40. The lowest BCUT2D eigenvalue weighted by atomic mass is 9.90. The van der Waals surface area contributed by atoms with Crippen molar-refractivity contribution in [1.29, 1.82) is 0 Å². The molecule has 0 bridgehead atoms. The third-order valence-electron chi connectivity index (χ3n) is 2.97. The van der Waals surface area contributed by atoms with E-state index < -0.39 is 0 Å². The first kappa shape index (κ1) is 14.6. The van der Waals surface area contributed by atoms with Gasteiger partial charge in [0.2, 0.25) is 0 Å². The second kappa shape index (κ2) is 8.61. The van der Waals surface area contributed by atoms with E-state index in [0.29, 0.717) is 19.6 Å². The summed E-state index contributed by atoms with van der Waals surface area (Å²) in [6.45, 7) is 3.91. The molecule has 1 fully saturated rings. The number of hydrogen-bond acceptors (Lipinski definition) is 4. The Balaban J connectivity index is 2.05. The molecular weight excluding hydrogens is 220 g/mol. The van der Waals surface area contributed by atoms with Crippen molar-refractivity contribution in [2.75, 3.05) is 26.9 Å². The second-order valence-corrected chi connectivity index (χ2v) is 4.42. The van der Waals surface area contributed by atoms with Crippen LogP contribution in [0.1, 0.15) is 39.0 Å². The molecule has 0 radical (unpaired) electrons. The molecule has 100 valence electrons. The molecule has 0 aliphatic heterocycles. The van der Waals surface area contributed by atoms with E-state index >= 15 is 0 Å². The van der Waals surface area contributed by atoms with Gasteiger partial charge in [-0.3, -0.25) is 4.79 Å². The van der Waals surface area contributed by atoms with Crippen LogP contribution in [-0.2, 0) is 19.0 Å². The molecule has 1 rings (SSSR count). The Morgan fingerprint density at radius 2 is 1.94 bits per heavy atom. The fourth-order valence-electron chi connectivity index (χ4n) is 1.84. The minimum atomic E-state index is -0.351. The Hall–Kier alpha value is -0.450. The van der Waals surface area contributed by atoms with Gasteiger partial charge >= 0.3 is 0 Å². The van der Waals surface area contributed by atoms with E-state index in [1.165, 1.54) is 19.3 Å². The zero-order chi connectivity index (χ0) is 12.5. The van der Waals surface area contributed by atoms with E-state index in [1.807, 2.05) is 0 Å². The number of ketones is 1. The van der Waals surface area contributed by atoms with Crippen molar-refractivity contribution >= 4 is 5.78 Å². The standard InChI is InChI=1S/C13H24O4/c1-3-4-5-6-7-16-12-10-11(14)13(12)17-9-8-15-2/h12-13H,3-10H2,1-2H3. The number of Topliss-reactive ketones (excluding diaryl/α,β-unsaturated/α-hetero) is 1. The first-order valence-electron chi connectivity index (χ1n) is 6.54. The largest absolute Gasteiger partial charge is 0.382 e. The van der Waals surface area contributed by atoms with Crippen LogP contribution in [0.25, 0.3) is 0 Å². The molecule has 0 heterocycles. The summed E-state index contributed by atoms with van der Waals surface area (Å²) in [6, 6.07) is 0. The van der Waals surface area contributed by atoms with Gasteiger partial charge in [-0.25, -0.2) is 0 Å². The highest BCUT2D eigenvalue weighted by molar-refractivity contribution is 5.90. The molecule has 4 nitrogen and oxygen atoms in total. The lowest BCUT2D eigenvalue weighted by Crippen LogP contribution is -2.51. The number of unbranched alkanes of at least 4 members (excludes halogenated alkanes) is 3. The summed E-state index contributed by atoms with van der Waals surface area (Å²) in [6.07, 6.45) is 4.88. The molecule has 17 heavy (non-hydrogen) atoms. The Morgan fingerprint density at radius 1 is 1.12 bits per heavy atom. The number of hydrogen-bond donors (Lipinski definition) is 0. The number of carbonyl (C=O) groups is 1. The SMILES string of the molecule is CCCCCCOC1CC(=O)C1OCCOC. The summed E-state index contributed by atoms with van der Waals surface area (Å²) in [7, 11) is 1.62. The van der Waals surface area contributed by atoms with Crippen molar-refractivity contribution in [3.05, 3.63) is 0 Å². The van der Waals surface area contributed by atoms with Gasteiger partial charge in [-0.1, -0.05) is 26.2 Å². The van der Waals surface area contributed by atoms with E-state index in [-0.39, 0.29) is 18.0 Å². The van der Waals surface area contributed by atoms with Gasteiger partial charge < -0.3 is 14.2 Å². The highest BCUT2D eigenvalue weighted by Crippen LogP contribution is 2.23. The summed E-state index contributed by atoms with van der Waals surface area (Å²) in [5.41, 5.74) is 0. The lowest BCUT2D eigenvalue weighted by molar-refractivity contribution is -0.167. The second-order valence-electron chi connectivity index (χ2n) is 4.42. The molecule has 1 aliphatic rings. The third kappa shape index (κ3) is 5.15. The van der Waals surface area contributed by atoms with Gasteiger partial charge in [-0.05, 0) is 6.42 Å². The van der Waals surface area contributed by atoms with Crippen molar-refractivity contribution in [2.45, 2.75) is 51.2 Å². The Labute approximate surface area is 104 Å². The average molecular weight is 244 g/mol. The van der Waals surface area contributed by atoms with Crippen LogP contribution in [0.3, 0.4) is 0 Å². The van der Waals surface area contributed by atoms with Gasteiger partial charge in [-0.15, -0.1) is 0 Å². The lowest BCUT2D eigenvalue weighted by Gasteiger charge is -2.34. The third-order valence-corrected chi connectivity index (χ3v) is 2.97. The molecule has 0 aromatic heterocycles. The summed E-state index contributed by atoms with van der Waals surface area (Å²) >= 11 is 0. The summed E-state index contributed by atoms with van der Waals surface area (Å²) in [5, 5.41) is 0. The zero-order valence-electron chi connectivity index (χ0n) is 10.9. The van der Waals surface area contributed by atoms with Gasteiger partial charge in [0.15, 0.2) is 5.78 Å². The fraction of sp³-hybridized carbons (Fsp3) is 0.923. The molecule has 0 spiro atoms. The first-order valence-corrected chi connectivity index (χ1v) is 6.54. The minimum Gasteiger partial charge on any atom is -0.382 e. The van der Waals surface area contributed by atoms with E-state index in [1.54, 1.807) is 7.11 Å². The maximum Gasteiger partial charge on any atom is 0.166 e. The van der Waals surface area contributed by atoms with Crippen LogP contribution in [0, 0.1) is 0 Å². The van der Waals surface area contributed by atoms with Crippen LogP contribution in [-0.4, -0.2) is 44.9 Å². The molecule has 1 saturated carbocycles. The van der Waals surface area contributed by atoms with Crippen molar-refractivity contribution < 1.29 is 19.0 Å². The van der Waals surface area contributed by atoms with Crippen LogP contribution in [0.4, 0.5) is 0 Å². The average Bonchev–Trinajstić information content (AvgIpc) is 2.33. The van der Waals surface area contributed by atoms with Crippen LogP contribution >= 0.6 is 0 Å². The van der Waals surface area contributed by atoms with Gasteiger partial charge in [0.05, 0.1) is 19.3 Å². The molecule has 0 N–H and O–H groups in total. The fourth-order valence-corrected chi connectivity index (χ4v) is 1.84. The van der Waals surface area contributed by atoms with E-state index in [9.17, 15) is 4.79 Å². The monoisotopic (exact) mass is 244 g/mol. The highest BCUT2D eigenvalue weighted by atomic mass is 16.6. The number of carbonyl (C=O) groups excluding carboxylic acids is 1. The normalized spacial score (nSPS) is 23.8. The number of methoxy groups -OCH3 is 1. The van der Waals surface area contributed by atoms with Crippen LogP contribution in [0.15, 0.2) is 0 Å². The van der Waals surface area contributed by atoms with E-state index in [0.717, 1.165) is 13.0 Å². The van der Waals surface area contributed by atoms with Crippen LogP contribution in [0.2, 0.25) is 0 Å². The maximum atomic E-state index is 11.3. The molecule has 2 unspecified atom stereocenters. The van der Waals surface area contributed by atoms with E-state index in [4.69, 9.17) is 14.2 Å². The highest BCUT2D eigenvalue weighted by Gasteiger charge is 2.41. The van der Waals surface area contributed by atoms with Crippen LogP contribution in [0.5, 0.6) is 0 Å². The van der Waals surface area contributed by atoms with Gasteiger partial charge in [0.1, 0.15) is 6.10 Å². The Morgan fingerprint density at radius 3 is 2.59 bits per heavy atom. The number of ether oxygens (including phenoxy) is 3. The zero-order valence-corrected chi connectivity index (χ0v) is 10.9. The molecule has 0 aromatic carbocycles. The van der Waals surface area contributed by atoms with E-state index in [2.05, 4.69) is 6.92 Å². The summed E-state index contributed by atoms with van der Waals surface area (Å²) in [4.78, 5) is 11.3. The van der Waals surface area contributed by atoms with Crippen LogP contribution < -0.4 is 0 Å². The number of rotatable bonds is 10. The van der Waals surface area contributed by atoms with Gasteiger partial charge in [0.25, 0.3) is 0 Å². The quantitative estimate of drug-likeness (QED) is 0.551. The van der Waals surface area contributed by atoms with Crippen molar-refractivity contribution in [3.8, 4) is 0 Å². The van der Waals surface area contributed by atoms with Gasteiger partial charge in [0, 0.05) is 20.1 Å². The smallest absolute Gasteiger partial charge is 0.166 e. The van der Waals surface area contributed by atoms with Crippen molar-refractivity contribution in [1.82, 2.24) is 0 Å². The van der Waals surface area contributed by atoms with Crippen molar-refractivity contribution in [3.63, 3.8) is 0 Å². The molecule has 0 amide bonds. The Bertz CT molecular complexity index is 217. The topological polar surface area (TPSA) is 44.8 Å². The molecule has 0 saturated heterocycles. The molecular formula is C13H24O4. The predicted molar refractivity (Wildman–Crippen MR) is 65.1 cm³/mol. The first-order chi connectivity index (χ1) is 8.29. The summed E-state index contributed by atoms with van der Waals surface area (Å²) in [5.74, 6) is 0.152. The molecule has 2 atom stereocenters. The van der Waals surface area contributed by atoms with Crippen molar-refractivity contribution in [2.24, 2.45) is 0 Å². The predicted octanol–water partition coefficient (Wildman–Crippen LogP) is 1.96. The summed E-state index contributed by atoms with van der Waals surface area (Å²) < 4.78 is 16.0. The minimum absolute atomic E-state index is 0.0269. The molecule has 1 aliphatic carbocycles. The molecule has 4 heteroatoms.